The Kier molecular flexibility index (Phi) is 5.39. The van der Waals surface area contributed by atoms with Gasteiger partial charge in [0, 0.05) is 18.7 Å². The monoisotopic (exact) mass is 503 g/mol. The highest BCUT2D eigenvalue weighted by molar-refractivity contribution is 5.82. The molecule has 1 aromatic carbocycles. The summed E-state index contributed by atoms with van der Waals surface area (Å²) in [7, 11) is 2.00. The number of ether oxygens (including phenoxy) is 2. The third-order valence-corrected chi connectivity index (χ3v) is 7.66. The summed E-state index contributed by atoms with van der Waals surface area (Å²) in [6.07, 6.45) is -0.267. The first-order chi connectivity index (χ1) is 17.2. The SMILES string of the molecule is C[C@H]1COc2c(c(NC3CC4(CCNCC4)C3)nn3c(-c4cccc(OC(F)(F)F)c4)nnc23)N1C. The zero-order valence-corrected chi connectivity index (χ0v) is 20.1. The molecule has 1 spiro atoms. The molecule has 9 nitrogen and oxygen atoms in total. The maximum absolute atomic E-state index is 12.8. The van der Waals surface area contributed by atoms with Crippen molar-refractivity contribution >= 4 is 17.2 Å². The van der Waals surface area contributed by atoms with Gasteiger partial charge in [-0.2, -0.15) is 4.52 Å². The van der Waals surface area contributed by atoms with Crippen LogP contribution in [0.25, 0.3) is 17.0 Å². The van der Waals surface area contributed by atoms with E-state index in [0.29, 0.717) is 40.6 Å². The molecule has 3 aliphatic rings. The first kappa shape index (κ1) is 23.1. The first-order valence-electron chi connectivity index (χ1n) is 12.2. The van der Waals surface area contributed by atoms with Crippen molar-refractivity contribution in [3.8, 4) is 22.9 Å². The minimum atomic E-state index is -4.79. The van der Waals surface area contributed by atoms with Crippen LogP contribution in [0.5, 0.6) is 11.5 Å². The summed E-state index contributed by atoms with van der Waals surface area (Å²) in [5.41, 5.74) is 2.02. The molecule has 12 heteroatoms. The van der Waals surface area contributed by atoms with E-state index in [0.717, 1.165) is 31.6 Å². The summed E-state index contributed by atoms with van der Waals surface area (Å²) >= 11 is 0. The lowest BCUT2D eigenvalue weighted by molar-refractivity contribution is -0.274. The van der Waals surface area contributed by atoms with Crippen LogP contribution in [-0.2, 0) is 0 Å². The van der Waals surface area contributed by atoms with Gasteiger partial charge >= 0.3 is 6.36 Å². The summed E-state index contributed by atoms with van der Waals surface area (Å²) in [6.45, 7) is 4.66. The Morgan fingerprint density at radius 2 is 1.97 bits per heavy atom. The molecular formula is C24H28F3N7O2. The largest absolute Gasteiger partial charge is 0.573 e. The van der Waals surface area contributed by atoms with Crippen LogP contribution in [-0.4, -0.2) is 65.0 Å². The molecule has 36 heavy (non-hydrogen) atoms. The minimum absolute atomic E-state index is 0.137. The van der Waals surface area contributed by atoms with Crippen molar-refractivity contribution in [2.75, 3.05) is 37.0 Å². The van der Waals surface area contributed by atoms with E-state index in [1.165, 1.54) is 35.6 Å². The second kappa shape index (κ2) is 8.39. The summed E-state index contributed by atoms with van der Waals surface area (Å²) in [4.78, 5) is 2.12. The number of fused-ring (bicyclic) bond motifs is 3. The van der Waals surface area contributed by atoms with Crippen LogP contribution in [0.1, 0.15) is 32.6 Å². The molecule has 0 bridgehead atoms. The lowest BCUT2D eigenvalue weighted by Crippen LogP contribution is -2.50. The highest BCUT2D eigenvalue weighted by Crippen LogP contribution is 2.50. The summed E-state index contributed by atoms with van der Waals surface area (Å²) in [5, 5.41) is 20.5. The summed E-state index contributed by atoms with van der Waals surface area (Å²) < 4.78 is 50.1. The molecule has 0 amide bonds. The van der Waals surface area contributed by atoms with E-state index in [1.54, 1.807) is 6.07 Å². The molecule has 0 radical (unpaired) electrons. The first-order valence-corrected chi connectivity index (χ1v) is 12.2. The van der Waals surface area contributed by atoms with Gasteiger partial charge in [-0.05, 0) is 63.2 Å². The number of aromatic nitrogens is 4. The molecule has 1 saturated carbocycles. The van der Waals surface area contributed by atoms with Crippen LogP contribution in [0.15, 0.2) is 24.3 Å². The van der Waals surface area contributed by atoms with Crippen molar-refractivity contribution in [2.24, 2.45) is 5.41 Å². The molecule has 4 heterocycles. The predicted octanol–water partition coefficient (Wildman–Crippen LogP) is 3.85. The van der Waals surface area contributed by atoms with Gasteiger partial charge in [-0.1, -0.05) is 12.1 Å². The van der Waals surface area contributed by atoms with E-state index in [-0.39, 0.29) is 17.8 Å². The van der Waals surface area contributed by atoms with Gasteiger partial charge < -0.3 is 25.0 Å². The van der Waals surface area contributed by atoms with E-state index in [1.807, 2.05) is 7.05 Å². The van der Waals surface area contributed by atoms with Crippen molar-refractivity contribution in [3.63, 3.8) is 0 Å². The molecule has 192 valence electrons. The number of piperidine rings is 1. The zero-order valence-electron chi connectivity index (χ0n) is 20.1. The lowest BCUT2D eigenvalue weighted by atomic mass is 9.60. The van der Waals surface area contributed by atoms with Crippen molar-refractivity contribution < 1.29 is 22.6 Å². The Morgan fingerprint density at radius 3 is 2.72 bits per heavy atom. The summed E-state index contributed by atoms with van der Waals surface area (Å²) in [6, 6.07) is 6.07. The maximum atomic E-state index is 12.8. The maximum Gasteiger partial charge on any atom is 0.573 e. The topological polar surface area (TPSA) is 88.8 Å². The van der Waals surface area contributed by atoms with Crippen LogP contribution in [0, 0.1) is 5.41 Å². The molecule has 1 aliphatic carbocycles. The third kappa shape index (κ3) is 4.06. The van der Waals surface area contributed by atoms with E-state index in [2.05, 4.69) is 37.4 Å². The van der Waals surface area contributed by atoms with Gasteiger partial charge in [0.2, 0.25) is 5.65 Å². The van der Waals surface area contributed by atoms with Gasteiger partial charge in [-0.3, -0.25) is 0 Å². The van der Waals surface area contributed by atoms with Gasteiger partial charge in [-0.25, -0.2) is 0 Å². The van der Waals surface area contributed by atoms with Crippen molar-refractivity contribution in [2.45, 2.75) is 51.1 Å². The van der Waals surface area contributed by atoms with Crippen molar-refractivity contribution in [1.29, 1.82) is 0 Å². The van der Waals surface area contributed by atoms with Gasteiger partial charge in [-0.15, -0.1) is 28.5 Å². The molecule has 1 saturated heterocycles. The normalized spacial score (nSPS) is 21.7. The fourth-order valence-electron chi connectivity index (χ4n) is 5.63. The highest BCUT2D eigenvalue weighted by atomic mass is 19.4. The number of rotatable bonds is 4. The molecule has 6 rings (SSSR count). The second-order valence-corrected chi connectivity index (χ2v) is 10.1. The van der Waals surface area contributed by atoms with E-state index >= 15 is 0 Å². The second-order valence-electron chi connectivity index (χ2n) is 10.1. The Bertz CT molecular complexity index is 1280. The Hall–Kier alpha value is -3.28. The standard InChI is InChI=1S/C24H28F3N7O2/c1-14-13-35-19-18(33(14)2)20(29-16-11-23(12-16)6-8-28-9-7-23)32-34-21(30-31-22(19)34)15-4-3-5-17(10-15)36-24(25,26)27/h3-5,10,14,16,28H,6-9,11-13H2,1-2H3,(H,29,32)/t14-/m0/s1. The van der Waals surface area contributed by atoms with E-state index in [9.17, 15) is 13.2 Å². The number of hydrogen-bond donors (Lipinski definition) is 2. The van der Waals surface area contributed by atoms with Crippen molar-refractivity contribution in [1.82, 2.24) is 25.1 Å². The summed E-state index contributed by atoms with van der Waals surface area (Å²) in [5.74, 6) is 1.19. The van der Waals surface area contributed by atoms with Gasteiger partial charge in [0.25, 0.3) is 0 Å². The van der Waals surface area contributed by atoms with Gasteiger partial charge in [0.15, 0.2) is 17.4 Å². The molecular weight excluding hydrogens is 475 g/mol. The number of halogens is 3. The molecule has 2 aromatic heterocycles. The molecule has 2 fully saturated rings. The van der Waals surface area contributed by atoms with Crippen molar-refractivity contribution in [3.05, 3.63) is 24.3 Å². The van der Waals surface area contributed by atoms with E-state index < -0.39 is 6.36 Å². The number of nitrogens with one attached hydrogen (secondary N) is 2. The molecule has 1 atom stereocenters. The Morgan fingerprint density at radius 1 is 1.19 bits per heavy atom. The number of benzene rings is 1. The van der Waals surface area contributed by atoms with Crippen LogP contribution in [0.3, 0.4) is 0 Å². The van der Waals surface area contributed by atoms with Crippen LogP contribution in [0.4, 0.5) is 24.7 Å². The minimum Gasteiger partial charge on any atom is -0.485 e. The van der Waals surface area contributed by atoms with Gasteiger partial charge in [0.1, 0.15) is 18.0 Å². The number of alkyl halides is 3. The number of anilines is 2. The highest BCUT2D eigenvalue weighted by Gasteiger charge is 2.45. The molecule has 2 aliphatic heterocycles. The Balaban J connectivity index is 1.38. The van der Waals surface area contributed by atoms with Crippen LogP contribution < -0.4 is 25.0 Å². The van der Waals surface area contributed by atoms with E-state index in [4.69, 9.17) is 9.84 Å². The van der Waals surface area contributed by atoms with Crippen LogP contribution >= 0.6 is 0 Å². The molecule has 3 aromatic rings. The average Bonchev–Trinajstić information content (AvgIpc) is 3.24. The predicted molar refractivity (Wildman–Crippen MR) is 127 cm³/mol. The lowest BCUT2D eigenvalue weighted by Gasteiger charge is -2.51. The fraction of sp³-hybridized carbons (Fsp3) is 0.542. The Labute approximate surface area is 206 Å². The van der Waals surface area contributed by atoms with Crippen LogP contribution in [0.2, 0.25) is 0 Å². The number of likely N-dealkylation sites (N-methyl/N-ethyl adjacent to an activating group) is 1. The third-order valence-electron chi connectivity index (χ3n) is 7.66. The zero-order chi connectivity index (χ0) is 25.1. The molecule has 2 N–H and O–H groups in total. The molecule has 0 unspecified atom stereocenters. The number of nitrogens with zero attached hydrogens (tertiary/aromatic N) is 5. The quantitative estimate of drug-likeness (QED) is 0.555. The number of hydrogen-bond acceptors (Lipinski definition) is 8. The smallest absolute Gasteiger partial charge is 0.485 e. The van der Waals surface area contributed by atoms with Gasteiger partial charge in [0.05, 0.1) is 6.04 Å². The fourth-order valence-corrected chi connectivity index (χ4v) is 5.63. The average molecular weight is 504 g/mol.